The van der Waals surface area contributed by atoms with Crippen LogP contribution < -0.4 is 0 Å². The van der Waals surface area contributed by atoms with Crippen molar-refractivity contribution in [3.63, 3.8) is 0 Å². The first-order valence-electron chi connectivity index (χ1n) is 5.24. The van der Waals surface area contributed by atoms with Gasteiger partial charge >= 0.3 is 5.84 Å². The second-order valence-electron chi connectivity index (χ2n) is 3.94. The molecule has 0 saturated heterocycles. The first kappa shape index (κ1) is 10.5. The molecule has 0 aliphatic rings. The average molecular weight is 367 g/mol. The monoisotopic (exact) mass is 365 g/mol. The van der Waals surface area contributed by atoms with Gasteiger partial charge in [0.2, 0.25) is 5.71 Å². The van der Waals surface area contributed by atoms with Crippen LogP contribution in [0.4, 0.5) is 0 Å². The lowest BCUT2D eigenvalue weighted by Crippen LogP contribution is -1.82. The summed E-state index contributed by atoms with van der Waals surface area (Å²) in [6, 6.07) is 7.91. The number of oxazole rings is 1. The zero-order chi connectivity index (χ0) is 12.3. The lowest BCUT2D eigenvalue weighted by Gasteiger charge is -1.94. The number of pyridine rings is 1. The third-order valence-corrected chi connectivity index (χ3v) is 3.74. The fourth-order valence-corrected chi connectivity index (χ4v) is 2.74. The standard InChI is InChI=1S/C12H5Br2N3O/c13-6-1-2-8-9(3-6)17-10-4-7(14)5-15-11(10)18-12(17)16-8/h1-5H. The number of halogens is 2. The molecule has 4 nitrogen and oxygen atoms in total. The van der Waals surface area contributed by atoms with E-state index in [2.05, 4.69) is 41.8 Å². The predicted octanol–water partition coefficient (Wildman–Crippen LogP) is 4.15. The number of hydrogen-bond donors (Lipinski definition) is 0. The van der Waals surface area contributed by atoms with Gasteiger partial charge in [-0.1, -0.05) is 15.9 Å². The number of benzene rings is 1. The minimum atomic E-state index is 0.559. The van der Waals surface area contributed by atoms with Crippen molar-refractivity contribution in [1.82, 2.24) is 14.4 Å². The van der Waals surface area contributed by atoms with Gasteiger partial charge in [0.25, 0.3) is 0 Å². The Kier molecular flexibility index (Phi) is 2.07. The molecule has 0 aliphatic carbocycles. The van der Waals surface area contributed by atoms with Gasteiger partial charge in [0, 0.05) is 15.1 Å². The molecule has 6 heteroatoms. The summed E-state index contributed by atoms with van der Waals surface area (Å²) >= 11 is 6.90. The lowest BCUT2D eigenvalue weighted by molar-refractivity contribution is 0.630. The molecule has 0 spiro atoms. The molecule has 3 aromatic heterocycles. The number of rotatable bonds is 0. The Hall–Kier alpha value is -1.40. The maximum Gasteiger partial charge on any atom is 0.309 e. The number of aromatic nitrogens is 3. The van der Waals surface area contributed by atoms with Crippen molar-refractivity contribution in [3.8, 4) is 0 Å². The van der Waals surface area contributed by atoms with E-state index in [0.717, 1.165) is 25.5 Å². The molecule has 3 heterocycles. The van der Waals surface area contributed by atoms with Gasteiger partial charge in [-0.05, 0) is 40.2 Å². The number of nitrogens with zero attached hydrogens (tertiary/aromatic N) is 3. The summed E-state index contributed by atoms with van der Waals surface area (Å²) < 4.78 is 9.52. The highest BCUT2D eigenvalue weighted by Gasteiger charge is 2.13. The molecule has 0 fully saturated rings. The molecule has 0 N–H and O–H groups in total. The Balaban J connectivity index is 2.30. The topological polar surface area (TPSA) is 43.3 Å². The van der Waals surface area contributed by atoms with Crippen molar-refractivity contribution < 1.29 is 4.42 Å². The van der Waals surface area contributed by atoms with Crippen molar-refractivity contribution in [2.24, 2.45) is 0 Å². The first-order valence-corrected chi connectivity index (χ1v) is 6.83. The molecule has 0 radical (unpaired) electrons. The number of fused-ring (bicyclic) bond motifs is 5. The van der Waals surface area contributed by atoms with E-state index in [-0.39, 0.29) is 0 Å². The average Bonchev–Trinajstić information content (AvgIpc) is 2.85. The summed E-state index contributed by atoms with van der Waals surface area (Å²) in [6.07, 6.45) is 1.71. The van der Waals surface area contributed by atoms with Crippen LogP contribution in [0.25, 0.3) is 28.1 Å². The largest absolute Gasteiger partial charge is 0.404 e. The zero-order valence-corrected chi connectivity index (χ0v) is 12.1. The minimum Gasteiger partial charge on any atom is -0.404 e. The van der Waals surface area contributed by atoms with E-state index in [1.54, 1.807) is 6.20 Å². The van der Waals surface area contributed by atoms with Gasteiger partial charge in [0.1, 0.15) is 5.52 Å². The van der Waals surface area contributed by atoms with E-state index in [1.807, 2.05) is 28.7 Å². The van der Waals surface area contributed by atoms with Crippen LogP contribution in [-0.4, -0.2) is 14.4 Å². The van der Waals surface area contributed by atoms with Gasteiger partial charge in [-0.25, -0.2) is 4.98 Å². The highest BCUT2D eigenvalue weighted by molar-refractivity contribution is 9.10. The van der Waals surface area contributed by atoms with Crippen LogP contribution in [0, 0.1) is 0 Å². The van der Waals surface area contributed by atoms with Crippen molar-refractivity contribution in [2.75, 3.05) is 0 Å². The molecule has 1 aromatic carbocycles. The quantitative estimate of drug-likeness (QED) is 0.469. The molecule has 88 valence electrons. The Labute approximate surface area is 118 Å². The Morgan fingerprint density at radius 3 is 2.78 bits per heavy atom. The van der Waals surface area contributed by atoms with E-state index in [9.17, 15) is 0 Å². The van der Waals surface area contributed by atoms with Crippen LogP contribution in [0.2, 0.25) is 0 Å². The van der Waals surface area contributed by atoms with Crippen LogP contribution in [0.1, 0.15) is 0 Å². The van der Waals surface area contributed by atoms with E-state index in [1.165, 1.54) is 0 Å². The Morgan fingerprint density at radius 1 is 1.06 bits per heavy atom. The molecule has 0 atom stereocenters. The maximum absolute atomic E-state index is 5.64. The van der Waals surface area contributed by atoms with Crippen molar-refractivity contribution in [2.45, 2.75) is 0 Å². The third kappa shape index (κ3) is 1.36. The number of hydrogen-bond acceptors (Lipinski definition) is 3. The fraction of sp³-hybridized carbons (Fsp3) is 0. The molecule has 0 amide bonds. The van der Waals surface area contributed by atoms with E-state index < -0.39 is 0 Å². The van der Waals surface area contributed by atoms with E-state index in [4.69, 9.17) is 4.42 Å². The van der Waals surface area contributed by atoms with Gasteiger partial charge in [-0.15, -0.1) is 0 Å². The smallest absolute Gasteiger partial charge is 0.309 e. The van der Waals surface area contributed by atoms with Crippen LogP contribution in [-0.2, 0) is 0 Å². The van der Waals surface area contributed by atoms with Crippen molar-refractivity contribution in [1.29, 1.82) is 0 Å². The third-order valence-electron chi connectivity index (χ3n) is 2.81. The van der Waals surface area contributed by atoms with Crippen LogP contribution in [0.5, 0.6) is 0 Å². The van der Waals surface area contributed by atoms with E-state index >= 15 is 0 Å². The fourth-order valence-electron chi connectivity index (χ4n) is 2.07. The van der Waals surface area contributed by atoms with E-state index in [0.29, 0.717) is 11.6 Å². The van der Waals surface area contributed by atoms with Crippen molar-refractivity contribution in [3.05, 3.63) is 39.4 Å². The molecule has 4 aromatic rings. The highest BCUT2D eigenvalue weighted by Crippen LogP contribution is 2.27. The van der Waals surface area contributed by atoms with Crippen LogP contribution in [0.3, 0.4) is 0 Å². The molecular weight excluding hydrogens is 362 g/mol. The van der Waals surface area contributed by atoms with Gasteiger partial charge in [-0.3, -0.25) is 4.40 Å². The zero-order valence-electron chi connectivity index (χ0n) is 8.89. The first-order chi connectivity index (χ1) is 8.72. The summed E-state index contributed by atoms with van der Waals surface area (Å²) in [5, 5.41) is 0. The summed E-state index contributed by atoms with van der Waals surface area (Å²) in [5.41, 5.74) is 3.39. The molecule has 18 heavy (non-hydrogen) atoms. The van der Waals surface area contributed by atoms with Gasteiger partial charge < -0.3 is 4.42 Å². The van der Waals surface area contributed by atoms with Gasteiger partial charge in [0.05, 0.1) is 11.0 Å². The van der Waals surface area contributed by atoms with Gasteiger partial charge in [-0.2, -0.15) is 4.98 Å². The second-order valence-corrected chi connectivity index (χ2v) is 5.77. The van der Waals surface area contributed by atoms with Crippen LogP contribution >= 0.6 is 31.9 Å². The maximum atomic E-state index is 5.64. The minimum absolute atomic E-state index is 0.559. The predicted molar refractivity (Wildman–Crippen MR) is 75.7 cm³/mol. The van der Waals surface area contributed by atoms with Crippen molar-refractivity contribution >= 4 is 60.0 Å². The molecule has 4 rings (SSSR count). The highest BCUT2D eigenvalue weighted by atomic mass is 79.9. The summed E-state index contributed by atoms with van der Waals surface area (Å²) in [4.78, 5) is 8.68. The SMILES string of the molecule is Brc1ccc2nc3oc4ncc(Br)cc4n3c2c1. The number of imidazole rings is 1. The Morgan fingerprint density at radius 2 is 1.89 bits per heavy atom. The Bertz CT molecular complexity index is 839. The van der Waals surface area contributed by atoms with Gasteiger partial charge in [0.15, 0.2) is 0 Å². The molecular formula is C12H5Br2N3O. The molecule has 0 unspecified atom stereocenters. The normalized spacial score (nSPS) is 11.9. The summed E-state index contributed by atoms with van der Waals surface area (Å²) in [5.74, 6) is 0.559. The second kappa shape index (κ2) is 3.55. The van der Waals surface area contributed by atoms with Crippen LogP contribution in [0.15, 0.2) is 43.8 Å². The molecule has 0 aliphatic heterocycles. The lowest BCUT2D eigenvalue weighted by atomic mass is 10.3. The molecule has 0 saturated carbocycles. The summed E-state index contributed by atoms with van der Waals surface area (Å²) in [6.45, 7) is 0. The molecule has 0 bridgehead atoms. The summed E-state index contributed by atoms with van der Waals surface area (Å²) in [7, 11) is 0.